The highest BCUT2D eigenvalue weighted by Gasteiger charge is 2.12. The molecule has 2 N–H and O–H groups in total. The summed E-state index contributed by atoms with van der Waals surface area (Å²) in [5.74, 6) is 0.189. The number of nitrogens with one attached hydrogen (secondary N) is 2. The minimum Gasteiger partial charge on any atom is -0.416 e. The molecule has 0 radical (unpaired) electrons. The van der Waals surface area contributed by atoms with Crippen molar-refractivity contribution in [1.82, 2.24) is 19.7 Å². The van der Waals surface area contributed by atoms with Gasteiger partial charge in [0.2, 0.25) is 11.8 Å². The van der Waals surface area contributed by atoms with Gasteiger partial charge in [-0.3, -0.25) is 14.6 Å². The van der Waals surface area contributed by atoms with Gasteiger partial charge >= 0.3 is 5.69 Å². The quantitative estimate of drug-likeness (QED) is 0.558. The third-order valence-corrected chi connectivity index (χ3v) is 5.01. The topological polar surface area (TPSA) is 123 Å². The van der Waals surface area contributed by atoms with E-state index in [-0.39, 0.29) is 23.4 Å². The van der Waals surface area contributed by atoms with E-state index in [0.29, 0.717) is 23.0 Å². The molecule has 2 heterocycles. The molecule has 3 rings (SSSR count). The van der Waals surface area contributed by atoms with Crippen molar-refractivity contribution in [3.63, 3.8) is 0 Å². The summed E-state index contributed by atoms with van der Waals surface area (Å²) in [5, 5.41) is 11.4. The summed E-state index contributed by atoms with van der Waals surface area (Å²) in [4.78, 5) is 36.9. The first-order valence-corrected chi connectivity index (χ1v) is 9.58. The van der Waals surface area contributed by atoms with Gasteiger partial charge in [0, 0.05) is 35.9 Å². The molecule has 0 saturated carbocycles. The van der Waals surface area contributed by atoms with Gasteiger partial charge in [0.05, 0.1) is 5.75 Å². The maximum atomic E-state index is 12.1. The first kappa shape index (κ1) is 19.9. The van der Waals surface area contributed by atoms with Crippen molar-refractivity contribution in [2.75, 3.05) is 11.1 Å². The molecule has 1 amide bonds. The second-order valence-electron chi connectivity index (χ2n) is 5.76. The smallest absolute Gasteiger partial charge is 0.328 e. The molecule has 0 atom stereocenters. The van der Waals surface area contributed by atoms with Gasteiger partial charge in [0.15, 0.2) is 0 Å². The Balaban J connectivity index is 1.51. The number of thioether (sulfide) groups is 1. The van der Waals surface area contributed by atoms with Crippen LogP contribution in [0, 0.1) is 6.92 Å². The van der Waals surface area contributed by atoms with Crippen LogP contribution in [0.3, 0.4) is 0 Å². The fourth-order valence-corrected chi connectivity index (χ4v) is 3.05. The molecule has 0 bridgehead atoms. The zero-order valence-corrected chi connectivity index (χ0v) is 16.3. The van der Waals surface area contributed by atoms with Crippen LogP contribution in [0.15, 0.2) is 49.7 Å². The summed E-state index contributed by atoms with van der Waals surface area (Å²) in [5.41, 5.74) is 0.481. The van der Waals surface area contributed by atoms with E-state index >= 15 is 0 Å². The minimum absolute atomic E-state index is 0.0902. The Morgan fingerprint density at radius 3 is 2.93 bits per heavy atom. The number of amides is 1. The lowest BCUT2D eigenvalue weighted by Gasteiger charge is -2.08. The summed E-state index contributed by atoms with van der Waals surface area (Å²) < 4.78 is 6.80. The molecular weight excluding hydrogens is 406 g/mol. The lowest BCUT2D eigenvalue weighted by atomic mass is 10.2. The predicted octanol–water partition coefficient (Wildman–Crippen LogP) is 1.85. The van der Waals surface area contributed by atoms with Gasteiger partial charge in [-0.1, -0.05) is 29.4 Å². The standard InChI is InChI=1S/C17H16ClN5O4S/c1-10-11(18)3-2-4-12(10)19-14(25)9-28-17-22-21-15(27-17)6-8-23-7-5-13(24)20-16(23)26/h2-5,7H,6,8-9H2,1H3,(H,19,25)(H,20,24,26). The molecule has 3 aromatic rings. The van der Waals surface area contributed by atoms with E-state index in [1.54, 1.807) is 18.2 Å². The molecule has 0 fully saturated rings. The number of nitrogens with zero attached hydrogens (tertiary/aromatic N) is 3. The van der Waals surface area contributed by atoms with Gasteiger partial charge in [-0.15, -0.1) is 10.2 Å². The zero-order valence-electron chi connectivity index (χ0n) is 14.8. The van der Waals surface area contributed by atoms with Crippen LogP contribution in [0.2, 0.25) is 5.02 Å². The number of H-pyrrole nitrogens is 1. The molecule has 1 aromatic carbocycles. The fourth-order valence-electron chi connectivity index (χ4n) is 2.29. The number of halogens is 1. The van der Waals surface area contributed by atoms with Crippen molar-refractivity contribution < 1.29 is 9.21 Å². The van der Waals surface area contributed by atoms with Crippen molar-refractivity contribution in [2.24, 2.45) is 0 Å². The number of aryl methyl sites for hydroxylation is 2. The number of anilines is 1. The number of benzene rings is 1. The van der Waals surface area contributed by atoms with Gasteiger partial charge in [0.25, 0.3) is 10.8 Å². The molecular formula is C17H16ClN5O4S. The summed E-state index contributed by atoms with van der Waals surface area (Å²) in [7, 11) is 0. The van der Waals surface area contributed by atoms with E-state index in [1.807, 2.05) is 6.92 Å². The number of carbonyl (C=O) groups excluding carboxylic acids is 1. The lowest BCUT2D eigenvalue weighted by molar-refractivity contribution is -0.113. The summed E-state index contributed by atoms with van der Waals surface area (Å²) in [6, 6.07) is 6.54. The highest BCUT2D eigenvalue weighted by atomic mass is 35.5. The fraction of sp³-hybridized carbons (Fsp3) is 0.235. The number of aromatic amines is 1. The highest BCUT2D eigenvalue weighted by molar-refractivity contribution is 7.99. The number of hydrogen-bond donors (Lipinski definition) is 2. The lowest BCUT2D eigenvalue weighted by Crippen LogP contribution is -2.29. The Kier molecular flexibility index (Phi) is 6.32. The van der Waals surface area contributed by atoms with Crippen LogP contribution in [0.25, 0.3) is 0 Å². The Morgan fingerprint density at radius 2 is 2.14 bits per heavy atom. The normalized spacial score (nSPS) is 10.8. The van der Waals surface area contributed by atoms with Gasteiger partial charge < -0.3 is 14.3 Å². The van der Waals surface area contributed by atoms with Gasteiger partial charge in [-0.05, 0) is 24.6 Å². The van der Waals surface area contributed by atoms with Crippen molar-refractivity contribution in [3.05, 3.63) is 67.8 Å². The largest absolute Gasteiger partial charge is 0.416 e. The molecule has 28 heavy (non-hydrogen) atoms. The first-order valence-electron chi connectivity index (χ1n) is 8.22. The Bertz CT molecular complexity index is 1110. The third-order valence-electron chi connectivity index (χ3n) is 3.78. The summed E-state index contributed by atoms with van der Waals surface area (Å²) >= 11 is 7.14. The molecule has 0 saturated heterocycles. The molecule has 0 unspecified atom stereocenters. The van der Waals surface area contributed by atoms with Crippen molar-refractivity contribution in [1.29, 1.82) is 0 Å². The van der Waals surface area contributed by atoms with Crippen molar-refractivity contribution in [2.45, 2.75) is 25.1 Å². The summed E-state index contributed by atoms with van der Waals surface area (Å²) in [6.45, 7) is 2.10. The minimum atomic E-state index is -0.505. The van der Waals surface area contributed by atoms with E-state index in [2.05, 4.69) is 20.5 Å². The molecule has 0 aliphatic rings. The van der Waals surface area contributed by atoms with E-state index in [0.717, 1.165) is 17.3 Å². The molecule has 146 valence electrons. The van der Waals surface area contributed by atoms with E-state index in [1.165, 1.54) is 16.8 Å². The van der Waals surface area contributed by atoms with Crippen LogP contribution in [-0.4, -0.2) is 31.4 Å². The zero-order chi connectivity index (χ0) is 20.1. The number of aromatic nitrogens is 4. The predicted molar refractivity (Wildman–Crippen MR) is 105 cm³/mol. The van der Waals surface area contributed by atoms with Crippen LogP contribution < -0.4 is 16.6 Å². The average Bonchev–Trinajstić information content (AvgIpc) is 3.11. The maximum Gasteiger partial charge on any atom is 0.328 e. The number of rotatable bonds is 7. The van der Waals surface area contributed by atoms with E-state index < -0.39 is 11.2 Å². The average molecular weight is 422 g/mol. The number of hydrogen-bond acceptors (Lipinski definition) is 7. The van der Waals surface area contributed by atoms with Crippen molar-refractivity contribution >= 4 is 35.0 Å². The first-order chi connectivity index (χ1) is 13.4. The number of carbonyl (C=O) groups is 1. The molecule has 0 spiro atoms. The Hall–Kier alpha value is -2.85. The molecule has 0 aliphatic heterocycles. The monoisotopic (exact) mass is 421 g/mol. The Morgan fingerprint density at radius 1 is 1.32 bits per heavy atom. The maximum absolute atomic E-state index is 12.1. The van der Waals surface area contributed by atoms with Crippen LogP contribution in [0.4, 0.5) is 5.69 Å². The van der Waals surface area contributed by atoms with E-state index in [4.69, 9.17) is 16.0 Å². The van der Waals surface area contributed by atoms with Crippen molar-refractivity contribution in [3.8, 4) is 0 Å². The van der Waals surface area contributed by atoms with Gasteiger partial charge in [-0.25, -0.2) is 4.79 Å². The second kappa shape index (κ2) is 8.89. The molecule has 0 aliphatic carbocycles. The molecule has 11 heteroatoms. The third kappa shape index (κ3) is 5.11. The van der Waals surface area contributed by atoms with Crippen LogP contribution in [0.1, 0.15) is 11.5 Å². The van der Waals surface area contributed by atoms with Crippen LogP contribution in [-0.2, 0) is 17.8 Å². The van der Waals surface area contributed by atoms with Gasteiger partial charge in [-0.2, -0.15) is 0 Å². The Labute approximate surface area is 168 Å². The highest BCUT2D eigenvalue weighted by Crippen LogP contribution is 2.23. The molecule has 2 aromatic heterocycles. The second-order valence-corrected chi connectivity index (χ2v) is 7.10. The van der Waals surface area contributed by atoms with E-state index in [9.17, 15) is 14.4 Å². The van der Waals surface area contributed by atoms with Crippen LogP contribution in [0.5, 0.6) is 0 Å². The SMILES string of the molecule is Cc1c(Cl)cccc1NC(=O)CSc1nnc(CCn2ccc(=O)[nH]c2=O)o1. The van der Waals surface area contributed by atoms with Crippen LogP contribution >= 0.6 is 23.4 Å². The van der Waals surface area contributed by atoms with Gasteiger partial charge in [0.1, 0.15) is 0 Å². The molecule has 9 nitrogen and oxygen atoms in total. The summed E-state index contributed by atoms with van der Waals surface area (Å²) in [6.07, 6.45) is 1.71.